The number of rotatable bonds is 2. The van der Waals surface area contributed by atoms with Crippen molar-refractivity contribution >= 4 is 5.78 Å². The Labute approximate surface area is 61.9 Å². The molecule has 1 heterocycles. The molecular formula is C7H5F2NO. The molecule has 0 saturated carbocycles. The number of Topliss-reactive ketones (excluding diaryl/α,β-unsaturated/α-hetero) is 1. The predicted octanol–water partition coefficient (Wildman–Crippen LogP) is 1.53. The van der Waals surface area contributed by atoms with Gasteiger partial charge in [0.1, 0.15) is 0 Å². The van der Waals surface area contributed by atoms with E-state index in [1.54, 1.807) is 0 Å². The first kappa shape index (κ1) is 7.78. The molecule has 0 unspecified atom stereocenters. The average Bonchev–Trinajstić information content (AvgIpc) is 2.05. The molecule has 2 nitrogen and oxygen atoms in total. The summed E-state index contributed by atoms with van der Waals surface area (Å²) in [5.41, 5.74) is -0.0532. The minimum atomic E-state index is -2.95. The lowest BCUT2D eigenvalue weighted by Crippen LogP contribution is -2.09. The number of alkyl halides is 2. The van der Waals surface area contributed by atoms with Crippen molar-refractivity contribution in [1.29, 1.82) is 0 Å². The summed E-state index contributed by atoms with van der Waals surface area (Å²) in [6.45, 7) is 0. The Morgan fingerprint density at radius 2 is 2.27 bits per heavy atom. The molecule has 1 rings (SSSR count). The molecule has 0 saturated heterocycles. The first-order valence-corrected chi connectivity index (χ1v) is 2.94. The fraction of sp³-hybridized carbons (Fsp3) is 0.143. The van der Waals surface area contributed by atoms with Crippen LogP contribution in [0.3, 0.4) is 0 Å². The molecule has 0 aliphatic heterocycles. The third-order valence-corrected chi connectivity index (χ3v) is 1.14. The Balaban J connectivity index is 2.86. The maximum Gasteiger partial charge on any atom is 0.300 e. The fourth-order valence-electron chi connectivity index (χ4n) is 0.635. The van der Waals surface area contributed by atoms with Gasteiger partial charge in [0.25, 0.3) is 0 Å². The van der Waals surface area contributed by atoms with Crippen LogP contribution in [0, 0.1) is 0 Å². The molecule has 1 aromatic heterocycles. The first-order chi connectivity index (χ1) is 5.22. The second-order valence-corrected chi connectivity index (χ2v) is 1.91. The normalized spacial score (nSPS) is 10.1. The Morgan fingerprint density at radius 1 is 1.55 bits per heavy atom. The molecule has 0 amide bonds. The third-order valence-electron chi connectivity index (χ3n) is 1.14. The van der Waals surface area contributed by atoms with Crippen LogP contribution < -0.4 is 0 Å². The highest BCUT2D eigenvalue weighted by atomic mass is 19.3. The Kier molecular flexibility index (Phi) is 2.25. The van der Waals surface area contributed by atoms with E-state index in [-0.39, 0.29) is 5.56 Å². The molecule has 4 heteroatoms. The predicted molar refractivity (Wildman–Crippen MR) is 34.6 cm³/mol. The number of aromatic nitrogens is 1. The summed E-state index contributed by atoms with van der Waals surface area (Å²) in [5, 5.41) is 0. The minimum Gasteiger partial charge on any atom is -0.288 e. The molecule has 0 N–H and O–H groups in total. The largest absolute Gasteiger partial charge is 0.300 e. The van der Waals surface area contributed by atoms with Crippen LogP contribution in [0.2, 0.25) is 0 Å². The van der Waals surface area contributed by atoms with Crippen LogP contribution in [0.25, 0.3) is 0 Å². The molecule has 58 valence electrons. The van der Waals surface area contributed by atoms with Crippen molar-refractivity contribution in [3.05, 3.63) is 30.1 Å². The second kappa shape index (κ2) is 3.18. The quantitative estimate of drug-likeness (QED) is 0.609. The topological polar surface area (TPSA) is 30.0 Å². The van der Waals surface area contributed by atoms with Crippen molar-refractivity contribution < 1.29 is 13.6 Å². The lowest BCUT2D eigenvalue weighted by Gasteiger charge is -1.95. The molecule has 0 spiro atoms. The van der Waals surface area contributed by atoms with Crippen LogP contribution in [-0.4, -0.2) is 17.2 Å². The van der Waals surface area contributed by atoms with Crippen LogP contribution in [0.4, 0.5) is 8.78 Å². The molecule has 0 atom stereocenters. The van der Waals surface area contributed by atoms with Gasteiger partial charge in [0.2, 0.25) is 5.78 Å². The van der Waals surface area contributed by atoms with Gasteiger partial charge in [-0.25, -0.2) is 8.78 Å². The summed E-state index contributed by atoms with van der Waals surface area (Å²) in [5.74, 6) is -1.18. The average molecular weight is 157 g/mol. The number of ketones is 1. The van der Waals surface area contributed by atoms with Crippen molar-refractivity contribution in [3.8, 4) is 0 Å². The van der Waals surface area contributed by atoms with Gasteiger partial charge in [-0.2, -0.15) is 0 Å². The molecule has 0 fully saturated rings. The van der Waals surface area contributed by atoms with Crippen molar-refractivity contribution in [3.63, 3.8) is 0 Å². The smallest absolute Gasteiger partial charge is 0.288 e. The molecule has 0 radical (unpaired) electrons. The standard InChI is InChI=1S/C7H5F2NO/c8-7(9)6(11)5-2-1-3-10-4-5/h1-4,7H. The summed E-state index contributed by atoms with van der Waals surface area (Å²) in [6.07, 6.45) is -0.407. The van der Waals surface area contributed by atoms with E-state index in [1.165, 1.54) is 18.3 Å². The van der Waals surface area contributed by atoms with Gasteiger partial charge in [0.15, 0.2) is 0 Å². The number of carbonyl (C=O) groups is 1. The van der Waals surface area contributed by atoms with Crippen molar-refractivity contribution in [2.24, 2.45) is 0 Å². The highest BCUT2D eigenvalue weighted by Crippen LogP contribution is 2.04. The second-order valence-electron chi connectivity index (χ2n) is 1.91. The van der Waals surface area contributed by atoms with Crippen molar-refractivity contribution in [1.82, 2.24) is 4.98 Å². The molecule has 0 aliphatic carbocycles. The molecular weight excluding hydrogens is 152 g/mol. The number of hydrogen-bond donors (Lipinski definition) is 0. The van der Waals surface area contributed by atoms with E-state index in [0.29, 0.717) is 0 Å². The van der Waals surface area contributed by atoms with E-state index in [0.717, 1.165) is 6.20 Å². The lowest BCUT2D eigenvalue weighted by molar-refractivity contribution is 0.0678. The Morgan fingerprint density at radius 3 is 2.73 bits per heavy atom. The summed E-state index contributed by atoms with van der Waals surface area (Å²) in [6, 6.07) is 2.75. The molecule has 11 heavy (non-hydrogen) atoms. The fourth-order valence-corrected chi connectivity index (χ4v) is 0.635. The third kappa shape index (κ3) is 1.80. The van der Waals surface area contributed by atoms with E-state index in [2.05, 4.69) is 4.98 Å². The highest BCUT2D eigenvalue weighted by molar-refractivity contribution is 5.98. The van der Waals surface area contributed by atoms with Crippen molar-refractivity contribution in [2.45, 2.75) is 6.43 Å². The van der Waals surface area contributed by atoms with E-state index in [9.17, 15) is 13.6 Å². The number of halogens is 2. The zero-order valence-electron chi connectivity index (χ0n) is 5.50. The van der Waals surface area contributed by atoms with Crippen LogP contribution in [0.15, 0.2) is 24.5 Å². The van der Waals surface area contributed by atoms with Gasteiger partial charge in [0.05, 0.1) is 0 Å². The summed E-state index contributed by atoms with van der Waals surface area (Å²) in [7, 11) is 0. The SMILES string of the molecule is O=C(c1cccnc1)C(F)F. The van der Waals surface area contributed by atoms with Crippen LogP contribution >= 0.6 is 0 Å². The van der Waals surface area contributed by atoms with Crippen LogP contribution in [0.1, 0.15) is 10.4 Å². The van der Waals surface area contributed by atoms with Gasteiger partial charge in [-0.3, -0.25) is 9.78 Å². The number of pyridine rings is 1. The molecule has 0 aromatic carbocycles. The molecule has 1 aromatic rings. The van der Waals surface area contributed by atoms with Gasteiger partial charge in [-0.1, -0.05) is 0 Å². The van der Waals surface area contributed by atoms with Crippen LogP contribution in [-0.2, 0) is 0 Å². The maximum atomic E-state index is 11.7. The van der Waals surface area contributed by atoms with E-state index >= 15 is 0 Å². The van der Waals surface area contributed by atoms with Gasteiger partial charge >= 0.3 is 6.43 Å². The van der Waals surface area contributed by atoms with Crippen molar-refractivity contribution in [2.75, 3.05) is 0 Å². The minimum absolute atomic E-state index is 0.0532. The zero-order valence-corrected chi connectivity index (χ0v) is 5.50. The van der Waals surface area contributed by atoms with Crippen LogP contribution in [0.5, 0.6) is 0 Å². The molecule has 0 bridgehead atoms. The Hall–Kier alpha value is -1.32. The summed E-state index contributed by atoms with van der Waals surface area (Å²) >= 11 is 0. The van der Waals surface area contributed by atoms with E-state index in [1.807, 2.05) is 0 Å². The van der Waals surface area contributed by atoms with E-state index < -0.39 is 12.2 Å². The Bertz CT molecular complexity index is 248. The van der Waals surface area contributed by atoms with Gasteiger partial charge in [-0.05, 0) is 12.1 Å². The first-order valence-electron chi connectivity index (χ1n) is 2.94. The summed E-state index contributed by atoms with van der Waals surface area (Å²) in [4.78, 5) is 14.1. The number of hydrogen-bond acceptors (Lipinski definition) is 2. The van der Waals surface area contributed by atoms with Gasteiger partial charge in [0, 0.05) is 18.0 Å². The zero-order chi connectivity index (χ0) is 8.27. The number of nitrogens with zero attached hydrogens (tertiary/aromatic N) is 1. The maximum absolute atomic E-state index is 11.7. The summed E-state index contributed by atoms with van der Waals surface area (Å²) < 4.78 is 23.5. The highest BCUT2D eigenvalue weighted by Gasteiger charge is 2.16. The van der Waals surface area contributed by atoms with E-state index in [4.69, 9.17) is 0 Å². The van der Waals surface area contributed by atoms with Gasteiger partial charge < -0.3 is 0 Å². The monoisotopic (exact) mass is 157 g/mol. The molecule has 0 aliphatic rings. The lowest BCUT2D eigenvalue weighted by atomic mass is 10.2. The van der Waals surface area contributed by atoms with Gasteiger partial charge in [-0.15, -0.1) is 0 Å². The number of carbonyl (C=O) groups excluding carboxylic acids is 1.